The van der Waals surface area contributed by atoms with Crippen molar-refractivity contribution in [1.29, 1.82) is 0 Å². The van der Waals surface area contributed by atoms with Gasteiger partial charge in [-0.05, 0) is 22.3 Å². The summed E-state index contributed by atoms with van der Waals surface area (Å²) in [6.07, 6.45) is 8.88. The summed E-state index contributed by atoms with van der Waals surface area (Å²) < 4.78 is 0. The smallest absolute Gasteiger partial charge is 0.0543 e. The third-order valence-corrected chi connectivity index (χ3v) is 4.91. The van der Waals surface area contributed by atoms with E-state index in [2.05, 4.69) is 86.0 Å². The van der Waals surface area contributed by atoms with Crippen LogP contribution in [-0.2, 0) is 25.8 Å². The van der Waals surface area contributed by atoms with Crippen LogP contribution in [0.4, 0.5) is 0 Å². The molecule has 0 amide bonds. The molecule has 2 aromatic rings. The number of hydrogen-bond acceptors (Lipinski definition) is 0. The predicted molar refractivity (Wildman–Crippen MR) is 97.3 cm³/mol. The van der Waals surface area contributed by atoms with E-state index in [9.17, 15) is 0 Å². The number of rotatable bonds is 2. The minimum absolute atomic E-state index is 0. The number of hydrogen-bond donors (Lipinski definition) is 0. The number of allylic oxidation sites excluding steroid dienone is 2. The second-order valence-electron chi connectivity index (χ2n) is 5.47. The minimum atomic E-state index is 0. The van der Waals surface area contributed by atoms with Crippen LogP contribution in [0, 0.1) is 0 Å². The van der Waals surface area contributed by atoms with Gasteiger partial charge in [0.1, 0.15) is 0 Å². The summed E-state index contributed by atoms with van der Waals surface area (Å²) >= 11 is 6.85. The topological polar surface area (TPSA) is 0 Å². The standard InChI is InChI=1S/C19H15Cl.C2H4.Hf/c20-19(17-11-9-13-5-1-3-7-15(13)17)18-12-10-14-6-2-4-8-16(14)18;1-2;/h1-12,17-19H;1-2H2;. The monoisotopic (exact) mass is 486 g/mol. The van der Waals surface area contributed by atoms with Gasteiger partial charge in [0, 0.05) is 37.7 Å². The Labute approximate surface area is 162 Å². The van der Waals surface area contributed by atoms with Gasteiger partial charge < -0.3 is 0 Å². The van der Waals surface area contributed by atoms with Crippen molar-refractivity contribution in [1.82, 2.24) is 0 Å². The van der Waals surface area contributed by atoms with E-state index in [0.29, 0.717) is 11.8 Å². The van der Waals surface area contributed by atoms with Gasteiger partial charge in [0.05, 0.1) is 5.38 Å². The van der Waals surface area contributed by atoms with Gasteiger partial charge in [-0.15, -0.1) is 24.8 Å². The zero-order valence-electron chi connectivity index (χ0n) is 13.0. The average Bonchev–Trinajstić information content (AvgIpc) is 3.20. The van der Waals surface area contributed by atoms with Gasteiger partial charge in [-0.25, -0.2) is 0 Å². The van der Waals surface area contributed by atoms with Crippen LogP contribution in [0.2, 0.25) is 0 Å². The molecule has 4 rings (SSSR count). The molecular formula is C21H19ClHf. The molecule has 0 saturated heterocycles. The van der Waals surface area contributed by atoms with E-state index in [4.69, 9.17) is 11.6 Å². The fraction of sp³-hybridized carbons (Fsp3) is 0.143. The molecule has 0 saturated carbocycles. The van der Waals surface area contributed by atoms with Crippen molar-refractivity contribution in [2.24, 2.45) is 0 Å². The Morgan fingerprint density at radius 3 is 1.57 bits per heavy atom. The maximum absolute atomic E-state index is 6.85. The zero-order valence-corrected chi connectivity index (χ0v) is 17.3. The molecule has 23 heavy (non-hydrogen) atoms. The summed E-state index contributed by atoms with van der Waals surface area (Å²) in [7, 11) is 0. The van der Waals surface area contributed by atoms with Gasteiger partial charge >= 0.3 is 0 Å². The second kappa shape index (κ2) is 8.08. The van der Waals surface area contributed by atoms with Crippen LogP contribution in [0.3, 0.4) is 0 Å². The molecule has 0 spiro atoms. The molecule has 0 nitrogen and oxygen atoms in total. The Kier molecular flexibility index (Phi) is 6.38. The van der Waals surface area contributed by atoms with Gasteiger partial charge in [-0.2, -0.15) is 0 Å². The summed E-state index contributed by atoms with van der Waals surface area (Å²) in [5.41, 5.74) is 5.31. The molecule has 0 radical (unpaired) electrons. The first-order valence-corrected chi connectivity index (χ1v) is 7.96. The summed E-state index contributed by atoms with van der Waals surface area (Å²) in [5, 5.41) is 0.0646. The number of fused-ring (bicyclic) bond motifs is 2. The summed E-state index contributed by atoms with van der Waals surface area (Å²) in [6.45, 7) is 6.00. The van der Waals surface area contributed by atoms with E-state index in [1.165, 1.54) is 22.3 Å². The van der Waals surface area contributed by atoms with E-state index >= 15 is 0 Å². The molecule has 0 fully saturated rings. The molecule has 0 bridgehead atoms. The largest absolute Gasteiger partial charge is 0.121 e. The first-order chi connectivity index (χ1) is 10.8. The zero-order chi connectivity index (χ0) is 15.5. The van der Waals surface area contributed by atoms with E-state index in [1.807, 2.05) is 0 Å². The third-order valence-electron chi connectivity index (χ3n) is 4.36. The Morgan fingerprint density at radius 1 is 0.739 bits per heavy atom. The molecule has 0 aromatic heterocycles. The minimum Gasteiger partial charge on any atom is -0.121 e. The second-order valence-corrected chi connectivity index (χ2v) is 5.98. The molecule has 2 heteroatoms. The number of halogens is 1. The fourth-order valence-corrected chi connectivity index (χ4v) is 3.77. The average molecular weight is 485 g/mol. The summed E-state index contributed by atoms with van der Waals surface area (Å²) in [5.74, 6) is 0.599. The van der Waals surface area contributed by atoms with Crippen LogP contribution in [0.1, 0.15) is 34.1 Å². The van der Waals surface area contributed by atoms with E-state index < -0.39 is 0 Å². The Morgan fingerprint density at radius 2 is 1.13 bits per heavy atom. The molecule has 2 atom stereocenters. The van der Waals surface area contributed by atoms with Crippen molar-refractivity contribution in [3.8, 4) is 0 Å². The van der Waals surface area contributed by atoms with Gasteiger partial charge in [0.15, 0.2) is 0 Å². The predicted octanol–water partition coefficient (Wildman–Crippen LogP) is 6.01. The normalized spacial score (nSPS) is 20.7. The molecular weight excluding hydrogens is 466 g/mol. The molecule has 114 valence electrons. The Balaban J connectivity index is 0.000000617. The Hall–Kier alpha value is -1.18. The molecule has 2 aliphatic rings. The number of benzene rings is 2. The SMILES string of the molecule is C=C.ClC(C1C=Cc2ccccc21)C1C=Cc2ccccc21.[Hf]. The molecule has 0 N–H and O–H groups in total. The van der Waals surface area contributed by atoms with Crippen molar-refractivity contribution in [3.63, 3.8) is 0 Å². The van der Waals surface area contributed by atoms with Crippen LogP contribution >= 0.6 is 11.6 Å². The summed E-state index contributed by atoms with van der Waals surface area (Å²) in [6, 6.07) is 17.1. The number of alkyl halides is 1. The van der Waals surface area contributed by atoms with Crippen molar-refractivity contribution in [3.05, 3.63) is 96.1 Å². The Bertz CT molecular complexity index is 671. The van der Waals surface area contributed by atoms with Gasteiger partial charge in [-0.3, -0.25) is 0 Å². The van der Waals surface area contributed by atoms with Crippen molar-refractivity contribution >= 4 is 23.8 Å². The van der Waals surface area contributed by atoms with Crippen molar-refractivity contribution in [2.45, 2.75) is 17.2 Å². The fourth-order valence-electron chi connectivity index (χ4n) is 3.33. The first-order valence-electron chi connectivity index (χ1n) is 7.53. The van der Waals surface area contributed by atoms with Gasteiger partial charge in [-0.1, -0.05) is 72.8 Å². The molecule has 0 aliphatic heterocycles. The van der Waals surface area contributed by atoms with Crippen molar-refractivity contribution in [2.75, 3.05) is 0 Å². The van der Waals surface area contributed by atoms with Crippen LogP contribution in [-0.4, -0.2) is 5.38 Å². The first kappa shape index (κ1) is 18.2. The molecule has 0 heterocycles. The van der Waals surface area contributed by atoms with Crippen LogP contribution in [0.5, 0.6) is 0 Å². The van der Waals surface area contributed by atoms with Crippen LogP contribution in [0.15, 0.2) is 73.8 Å². The molecule has 2 aromatic carbocycles. The summed E-state index contributed by atoms with van der Waals surface area (Å²) in [4.78, 5) is 0. The third kappa shape index (κ3) is 3.36. The van der Waals surface area contributed by atoms with Gasteiger partial charge in [0.25, 0.3) is 0 Å². The van der Waals surface area contributed by atoms with E-state index in [1.54, 1.807) is 0 Å². The molecule has 2 aliphatic carbocycles. The van der Waals surface area contributed by atoms with Crippen LogP contribution in [0.25, 0.3) is 12.2 Å². The maximum Gasteiger partial charge on any atom is 0.0543 e. The van der Waals surface area contributed by atoms with Crippen molar-refractivity contribution < 1.29 is 25.8 Å². The van der Waals surface area contributed by atoms with Gasteiger partial charge in [0.2, 0.25) is 0 Å². The quantitative estimate of drug-likeness (QED) is 0.278. The van der Waals surface area contributed by atoms with E-state index in [-0.39, 0.29) is 31.2 Å². The van der Waals surface area contributed by atoms with E-state index in [0.717, 1.165) is 0 Å². The van der Waals surface area contributed by atoms with Crippen LogP contribution < -0.4 is 0 Å². The maximum atomic E-state index is 6.85. The molecule has 2 unspecified atom stereocenters.